The third-order valence-corrected chi connectivity index (χ3v) is 4.18. The van der Waals surface area contributed by atoms with Crippen LogP contribution in [0.1, 0.15) is 44.3 Å². The van der Waals surface area contributed by atoms with E-state index in [0.717, 1.165) is 37.8 Å². The highest BCUT2D eigenvalue weighted by Gasteiger charge is 2.32. The Labute approximate surface area is 124 Å². The summed E-state index contributed by atoms with van der Waals surface area (Å²) in [5.74, 6) is -0.929. The summed E-state index contributed by atoms with van der Waals surface area (Å²) in [6.45, 7) is 2.61. The van der Waals surface area contributed by atoms with Crippen LogP contribution in [0.4, 0.5) is 8.78 Å². The summed E-state index contributed by atoms with van der Waals surface area (Å²) in [6, 6.07) is 3.13. The van der Waals surface area contributed by atoms with Crippen molar-refractivity contribution in [1.82, 2.24) is 5.32 Å². The summed E-state index contributed by atoms with van der Waals surface area (Å²) >= 11 is 0. The van der Waals surface area contributed by atoms with Crippen LogP contribution in [0.15, 0.2) is 18.2 Å². The molecule has 0 aliphatic heterocycles. The van der Waals surface area contributed by atoms with Crippen LogP contribution in [-0.2, 0) is 0 Å². The summed E-state index contributed by atoms with van der Waals surface area (Å²) in [6.07, 6.45) is 2.54. The Bertz CT molecular complexity index is 483. The lowest BCUT2D eigenvalue weighted by molar-refractivity contribution is -0.0135. The van der Waals surface area contributed by atoms with Crippen LogP contribution in [0, 0.1) is 17.6 Å². The first-order valence-electron chi connectivity index (χ1n) is 7.46. The van der Waals surface area contributed by atoms with Gasteiger partial charge in [0.05, 0.1) is 11.7 Å². The van der Waals surface area contributed by atoms with Gasteiger partial charge < -0.3 is 15.5 Å². The molecule has 0 aromatic heterocycles. The molecular weight excluding hydrogens is 276 g/mol. The van der Waals surface area contributed by atoms with Crippen molar-refractivity contribution in [3.05, 3.63) is 35.4 Å². The lowest BCUT2D eigenvalue weighted by Gasteiger charge is -2.36. The van der Waals surface area contributed by atoms with Crippen LogP contribution in [-0.4, -0.2) is 28.9 Å². The Kier molecular flexibility index (Phi) is 5.30. The molecule has 3 nitrogen and oxygen atoms in total. The molecular formula is C16H23F2NO2. The van der Waals surface area contributed by atoms with E-state index in [0.29, 0.717) is 12.5 Å². The third-order valence-electron chi connectivity index (χ3n) is 4.18. The molecule has 1 saturated carbocycles. The molecule has 0 bridgehead atoms. The Balaban J connectivity index is 1.85. The van der Waals surface area contributed by atoms with E-state index in [2.05, 4.69) is 12.2 Å². The first-order valence-corrected chi connectivity index (χ1v) is 7.46. The van der Waals surface area contributed by atoms with Gasteiger partial charge in [0.1, 0.15) is 11.6 Å². The molecule has 3 N–H and O–H groups in total. The molecule has 0 spiro atoms. The highest BCUT2D eigenvalue weighted by Crippen LogP contribution is 2.31. The lowest BCUT2D eigenvalue weighted by Crippen LogP contribution is -2.45. The Morgan fingerprint density at radius 3 is 2.86 bits per heavy atom. The fourth-order valence-electron chi connectivity index (χ4n) is 3.12. The van der Waals surface area contributed by atoms with Gasteiger partial charge in [-0.15, -0.1) is 0 Å². The first-order chi connectivity index (χ1) is 9.89. The molecule has 1 aromatic carbocycles. The number of halogens is 2. The smallest absolute Gasteiger partial charge is 0.131 e. The maximum absolute atomic E-state index is 13.5. The lowest BCUT2D eigenvalue weighted by atomic mass is 9.79. The predicted octanol–water partition coefficient (Wildman–Crippen LogP) is 2.53. The molecule has 1 aromatic rings. The highest BCUT2D eigenvalue weighted by molar-refractivity contribution is 5.21. The second-order valence-electron chi connectivity index (χ2n) is 6.24. The van der Waals surface area contributed by atoms with Gasteiger partial charge in [0.15, 0.2) is 0 Å². The summed E-state index contributed by atoms with van der Waals surface area (Å²) in [7, 11) is 0. The van der Waals surface area contributed by atoms with Crippen molar-refractivity contribution < 1.29 is 19.0 Å². The van der Waals surface area contributed by atoms with Gasteiger partial charge in [0, 0.05) is 24.7 Å². The van der Waals surface area contributed by atoms with E-state index >= 15 is 0 Å². The quantitative estimate of drug-likeness (QED) is 0.783. The van der Waals surface area contributed by atoms with Crippen molar-refractivity contribution in [3.8, 4) is 0 Å². The van der Waals surface area contributed by atoms with Crippen molar-refractivity contribution in [1.29, 1.82) is 0 Å². The van der Waals surface area contributed by atoms with Crippen LogP contribution < -0.4 is 5.32 Å². The van der Waals surface area contributed by atoms with E-state index in [-0.39, 0.29) is 12.1 Å². The van der Waals surface area contributed by atoms with Gasteiger partial charge in [0.2, 0.25) is 0 Å². The van der Waals surface area contributed by atoms with E-state index in [1.54, 1.807) is 0 Å². The van der Waals surface area contributed by atoms with Crippen LogP contribution in [0.3, 0.4) is 0 Å². The molecule has 0 radical (unpaired) electrons. The van der Waals surface area contributed by atoms with Gasteiger partial charge in [-0.1, -0.05) is 25.8 Å². The largest absolute Gasteiger partial charge is 0.389 e. The number of aliphatic hydroxyl groups is 2. The van der Waals surface area contributed by atoms with E-state index in [1.165, 1.54) is 6.07 Å². The number of aliphatic hydroxyl groups excluding tert-OH is 1. The molecule has 1 aliphatic carbocycles. The van der Waals surface area contributed by atoms with Crippen molar-refractivity contribution in [2.45, 2.75) is 44.3 Å². The summed E-state index contributed by atoms with van der Waals surface area (Å²) in [5, 5.41) is 23.4. The second kappa shape index (κ2) is 6.81. The van der Waals surface area contributed by atoms with Crippen molar-refractivity contribution in [2.24, 2.45) is 5.92 Å². The number of hydrogen-bond acceptors (Lipinski definition) is 3. The average Bonchev–Trinajstić information content (AvgIpc) is 2.37. The van der Waals surface area contributed by atoms with Crippen molar-refractivity contribution in [2.75, 3.05) is 13.1 Å². The summed E-state index contributed by atoms with van der Waals surface area (Å²) in [4.78, 5) is 0. The van der Waals surface area contributed by atoms with Crippen LogP contribution in [0.2, 0.25) is 0 Å². The zero-order valence-corrected chi connectivity index (χ0v) is 12.3. The van der Waals surface area contributed by atoms with Gasteiger partial charge in [-0.05, 0) is 24.8 Å². The standard InChI is InChI=1S/C16H23F2NO2/c1-11-3-2-6-16(21,8-11)10-19-9-15(20)13-5-4-12(17)7-14(13)18/h4-5,7,11,15,19-21H,2-3,6,8-10H2,1H3. The third kappa shape index (κ3) is 4.46. The normalized spacial score (nSPS) is 27.6. The van der Waals surface area contributed by atoms with Crippen LogP contribution in [0.5, 0.6) is 0 Å². The van der Waals surface area contributed by atoms with E-state index in [9.17, 15) is 19.0 Å². The molecule has 2 rings (SSSR count). The zero-order valence-electron chi connectivity index (χ0n) is 12.3. The minimum Gasteiger partial charge on any atom is -0.389 e. The highest BCUT2D eigenvalue weighted by atomic mass is 19.1. The Hall–Kier alpha value is -1.04. The fourth-order valence-corrected chi connectivity index (χ4v) is 3.12. The zero-order chi connectivity index (χ0) is 15.5. The first kappa shape index (κ1) is 16.3. The number of hydrogen-bond donors (Lipinski definition) is 3. The molecule has 5 heteroatoms. The molecule has 3 atom stereocenters. The molecule has 1 fully saturated rings. The Morgan fingerprint density at radius 2 is 2.19 bits per heavy atom. The van der Waals surface area contributed by atoms with Gasteiger partial charge in [0.25, 0.3) is 0 Å². The van der Waals surface area contributed by atoms with Gasteiger partial charge in [-0.2, -0.15) is 0 Å². The summed E-state index contributed by atoms with van der Waals surface area (Å²) < 4.78 is 26.4. The predicted molar refractivity (Wildman–Crippen MR) is 76.8 cm³/mol. The topological polar surface area (TPSA) is 52.5 Å². The Morgan fingerprint density at radius 1 is 1.43 bits per heavy atom. The van der Waals surface area contributed by atoms with Gasteiger partial charge in [-0.25, -0.2) is 8.78 Å². The molecule has 3 unspecified atom stereocenters. The number of rotatable bonds is 5. The van der Waals surface area contributed by atoms with Crippen LogP contribution >= 0.6 is 0 Å². The monoisotopic (exact) mass is 299 g/mol. The maximum Gasteiger partial charge on any atom is 0.131 e. The summed E-state index contributed by atoms with van der Waals surface area (Å²) in [5.41, 5.74) is -0.688. The molecule has 0 amide bonds. The van der Waals surface area contributed by atoms with Crippen LogP contribution in [0.25, 0.3) is 0 Å². The van der Waals surface area contributed by atoms with Gasteiger partial charge >= 0.3 is 0 Å². The van der Waals surface area contributed by atoms with E-state index in [1.807, 2.05) is 0 Å². The molecule has 21 heavy (non-hydrogen) atoms. The average molecular weight is 299 g/mol. The fraction of sp³-hybridized carbons (Fsp3) is 0.625. The van der Waals surface area contributed by atoms with E-state index < -0.39 is 23.3 Å². The van der Waals surface area contributed by atoms with Crippen molar-refractivity contribution >= 4 is 0 Å². The number of benzene rings is 1. The minimum absolute atomic E-state index is 0.0629. The van der Waals surface area contributed by atoms with Gasteiger partial charge in [-0.3, -0.25) is 0 Å². The van der Waals surface area contributed by atoms with Crippen molar-refractivity contribution in [3.63, 3.8) is 0 Å². The van der Waals surface area contributed by atoms with E-state index in [4.69, 9.17) is 0 Å². The minimum atomic E-state index is -1.06. The second-order valence-corrected chi connectivity index (χ2v) is 6.24. The number of nitrogens with one attached hydrogen (secondary N) is 1. The molecule has 118 valence electrons. The molecule has 0 heterocycles. The molecule has 0 saturated heterocycles. The maximum atomic E-state index is 13.5. The molecule has 1 aliphatic rings. The SMILES string of the molecule is CC1CCCC(O)(CNCC(O)c2ccc(F)cc2F)C1.